The molecule has 0 spiro atoms. The second-order valence-corrected chi connectivity index (χ2v) is 7.91. The first-order chi connectivity index (χ1) is 9.01. The van der Waals surface area contributed by atoms with E-state index in [9.17, 15) is 5.26 Å². The standard InChI is InChI=1S/C17H28N2/c1-17(11-18,19(2)3)5-4-16-14-7-12-6-13(9-14)10-15(16)8-12/h12-16H,4-10H2,1-3H3. The van der Waals surface area contributed by atoms with Crippen LogP contribution in [0.2, 0.25) is 0 Å². The maximum atomic E-state index is 9.45. The summed E-state index contributed by atoms with van der Waals surface area (Å²) in [5.41, 5.74) is -0.269. The van der Waals surface area contributed by atoms with Crippen LogP contribution in [0.25, 0.3) is 0 Å². The molecule has 2 heteroatoms. The zero-order chi connectivity index (χ0) is 13.6. The van der Waals surface area contributed by atoms with Crippen LogP contribution >= 0.6 is 0 Å². The van der Waals surface area contributed by atoms with E-state index in [4.69, 9.17) is 0 Å². The van der Waals surface area contributed by atoms with Crippen molar-refractivity contribution < 1.29 is 0 Å². The Morgan fingerprint density at radius 2 is 1.58 bits per heavy atom. The van der Waals surface area contributed by atoms with Gasteiger partial charge in [0.05, 0.1) is 6.07 Å². The minimum absolute atomic E-state index is 0.269. The van der Waals surface area contributed by atoms with Crippen LogP contribution in [0.3, 0.4) is 0 Å². The van der Waals surface area contributed by atoms with Gasteiger partial charge in [0.25, 0.3) is 0 Å². The third kappa shape index (κ3) is 2.31. The van der Waals surface area contributed by atoms with Gasteiger partial charge in [-0.15, -0.1) is 0 Å². The Morgan fingerprint density at radius 1 is 1.05 bits per heavy atom. The van der Waals surface area contributed by atoms with Crippen LogP contribution < -0.4 is 0 Å². The van der Waals surface area contributed by atoms with Crippen LogP contribution in [0.15, 0.2) is 0 Å². The molecule has 19 heavy (non-hydrogen) atoms. The molecule has 0 radical (unpaired) electrons. The van der Waals surface area contributed by atoms with Crippen molar-refractivity contribution in [1.29, 1.82) is 5.26 Å². The molecule has 4 fully saturated rings. The number of rotatable bonds is 4. The molecule has 0 heterocycles. The molecule has 2 nitrogen and oxygen atoms in total. The van der Waals surface area contributed by atoms with Gasteiger partial charge in [0.2, 0.25) is 0 Å². The van der Waals surface area contributed by atoms with Gasteiger partial charge in [-0.1, -0.05) is 0 Å². The Labute approximate surface area is 118 Å². The molecule has 0 aromatic rings. The lowest BCUT2D eigenvalue weighted by Crippen LogP contribution is -2.46. The van der Waals surface area contributed by atoms with E-state index in [0.717, 1.165) is 36.0 Å². The predicted octanol–water partition coefficient (Wildman–Crippen LogP) is 3.68. The monoisotopic (exact) mass is 260 g/mol. The Balaban J connectivity index is 1.63. The maximum absolute atomic E-state index is 9.45. The van der Waals surface area contributed by atoms with Crippen LogP contribution in [-0.4, -0.2) is 24.5 Å². The highest BCUT2D eigenvalue weighted by Crippen LogP contribution is 2.57. The van der Waals surface area contributed by atoms with Gasteiger partial charge in [0.1, 0.15) is 5.54 Å². The summed E-state index contributed by atoms with van der Waals surface area (Å²) in [6.07, 6.45) is 9.87. The second kappa shape index (κ2) is 4.77. The van der Waals surface area contributed by atoms with Gasteiger partial charge in [-0.3, -0.25) is 4.90 Å². The van der Waals surface area contributed by atoms with Crippen LogP contribution in [0.4, 0.5) is 0 Å². The number of hydrogen-bond acceptors (Lipinski definition) is 2. The van der Waals surface area contributed by atoms with E-state index in [1.54, 1.807) is 0 Å². The fourth-order valence-corrected chi connectivity index (χ4v) is 5.34. The van der Waals surface area contributed by atoms with Crippen molar-refractivity contribution >= 4 is 0 Å². The summed E-state index contributed by atoms with van der Waals surface area (Å²) in [6, 6.07) is 2.53. The van der Waals surface area contributed by atoms with Crippen molar-refractivity contribution in [3.8, 4) is 6.07 Å². The fourth-order valence-electron chi connectivity index (χ4n) is 5.34. The maximum Gasteiger partial charge on any atom is 0.105 e. The topological polar surface area (TPSA) is 27.0 Å². The van der Waals surface area contributed by atoms with Crippen molar-refractivity contribution in [1.82, 2.24) is 4.90 Å². The first kappa shape index (κ1) is 13.4. The molecule has 0 saturated heterocycles. The summed E-state index contributed by atoms with van der Waals surface area (Å²) >= 11 is 0. The fraction of sp³-hybridized carbons (Fsp3) is 0.941. The SMILES string of the molecule is CN(C)C(C)(C#N)CCC1C2CC3CC(C2)CC1C3. The highest BCUT2D eigenvalue weighted by Gasteiger charge is 2.48. The molecule has 1 atom stereocenters. The third-order valence-corrected chi connectivity index (χ3v) is 6.61. The summed E-state index contributed by atoms with van der Waals surface area (Å²) in [4.78, 5) is 2.10. The predicted molar refractivity (Wildman–Crippen MR) is 77.5 cm³/mol. The summed E-state index contributed by atoms with van der Waals surface area (Å²) in [7, 11) is 4.08. The minimum Gasteiger partial charge on any atom is -0.292 e. The zero-order valence-corrected chi connectivity index (χ0v) is 12.7. The molecule has 0 aromatic heterocycles. The van der Waals surface area contributed by atoms with Gasteiger partial charge in [-0.2, -0.15) is 5.26 Å². The van der Waals surface area contributed by atoms with Crippen LogP contribution in [0, 0.1) is 40.9 Å². The minimum atomic E-state index is -0.269. The first-order valence-corrected chi connectivity index (χ1v) is 8.10. The number of hydrogen-bond donors (Lipinski definition) is 0. The molecular weight excluding hydrogens is 232 g/mol. The Morgan fingerprint density at radius 3 is 2.00 bits per heavy atom. The lowest BCUT2D eigenvalue weighted by molar-refractivity contribution is -0.0433. The van der Waals surface area contributed by atoms with Gasteiger partial charge in [-0.05, 0) is 95.6 Å². The normalized spacial score (nSPS) is 43.2. The molecule has 106 valence electrons. The zero-order valence-electron chi connectivity index (χ0n) is 12.7. The van der Waals surface area contributed by atoms with E-state index in [2.05, 4.69) is 17.9 Å². The summed E-state index contributed by atoms with van der Waals surface area (Å²) < 4.78 is 0. The average molecular weight is 260 g/mol. The highest BCUT2D eigenvalue weighted by molar-refractivity contribution is 5.05. The second-order valence-electron chi connectivity index (χ2n) is 7.91. The van der Waals surface area contributed by atoms with E-state index in [1.807, 2.05) is 14.1 Å². The lowest BCUT2D eigenvalue weighted by atomic mass is 9.51. The average Bonchev–Trinajstić information content (AvgIpc) is 2.36. The summed E-state index contributed by atoms with van der Waals surface area (Å²) in [5, 5.41) is 9.45. The van der Waals surface area contributed by atoms with Crippen molar-refractivity contribution in [2.24, 2.45) is 29.6 Å². The number of nitrogens with zero attached hydrogens (tertiary/aromatic N) is 2. The van der Waals surface area contributed by atoms with Crippen molar-refractivity contribution in [3.05, 3.63) is 0 Å². The molecule has 4 saturated carbocycles. The lowest BCUT2D eigenvalue weighted by Gasteiger charge is -2.55. The van der Waals surface area contributed by atoms with E-state index in [-0.39, 0.29) is 5.54 Å². The summed E-state index contributed by atoms with van der Waals surface area (Å²) in [5.74, 6) is 5.06. The van der Waals surface area contributed by atoms with Crippen LogP contribution in [-0.2, 0) is 0 Å². The van der Waals surface area contributed by atoms with Gasteiger partial charge >= 0.3 is 0 Å². The van der Waals surface area contributed by atoms with Gasteiger partial charge in [-0.25, -0.2) is 0 Å². The van der Waals surface area contributed by atoms with Crippen LogP contribution in [0.1, 0.15) is 51.9 Å². The molecule has 0 amide bonds. The largest absolute Gasteiger partial charge is 0.292 e. The number of nitriles is 1. The molecule has 4 aliphatic rings. The molecule has 1 unspecified atom stereocenters. The Bertz CT molecular complexity index is 353. The van der Waals surface area contributed by atoms with Gasteiger partial charge < -0.3 is 0 Å². The molecule has 4 bridgehead atoms. The Hall–Kier alpha value is -0.550. The van der Waals surface area contributed by atoms with E-state index in [0.29, 0.717) is 0 Å². The van der Waals surface area contributed by atoms with Crippen LogP contribution in [0.5, 0.6) is 0 Å². The molecule has 0 N–H and O–H groups in total. The molecule has 0 aliphatic heterocycles. The quantitative estimate of drug-likeness (QED) is 0.771. The molecule has 0 aromatic carbocycles. The van der Waals surface area contributed by atoms with Gasteiger partial charge in [0.15, 0.2) is 0 Å². The van der Waals surface area contributed by atoms with E-state index < -0.39 is 0 Å². The summed E-state index contributed by atoms with van der Waals surface area (Å²) in [6.45, 7) is 2.10. The van der Waals surface area contributed by atoms with Crippen molar-refractivity contribution in [3.63, 3.8) is 0 Å². The molecule has 4 aliphatic carbocycles. The van der Waals surface area contributed by atoms with E-state index >= 15 is 0 Å². The smallest absolute Gasteiger partial charge is 0.105 e. The van der Waals surface area contributed by atoms with Crippen molar-refractivity contribution in [2.75, 3.05) is 14.1 Å². The molecule has 4 rings (SSSR count). The first-order valence-electron chi connectivity index (χ1n) is 8.10. The highest BCUT2D eigenvalue weighted by atomic mass is 15.1. The van der Waals surface area contributed by atoms with Gasteiger partial charge in [0, 0.05) is 0 Å². The van der Waals surface area contributed by atoms with Crippen molar-refractivity contribution in [2.45, 2.75) is 57.4 Å². The molecular formula is C17H28N2. The van der Waals surface area contributed by atoms with E-state index in [1.165, 1.54) is 38.5 Å². The Kier molecular flexibility index (Phi) is 3.38. The third-order valence-electron chi connectivity index (χ3n) is 6.61.